The molecule has 2 aromatic rings. The van der Waals surface area contributed by atoms with Crippen molar-refractivity contribution in [1.82, 2.24) is 25.3 Å². The van der Waals surface area contributed by atoms with Crippen molar-refractivity contribution in [2.24, 2.45) is 11.3 Å². The van der Waals surface area contributed by atoms with Gasteiger partial charge in [-0.05, 0) is 6.42 Å². The molecule has 25 heavy (non-hydrogen) atoms. The predicted octanol–water partition coefficient (Wildman–Crippen LogP) is 1.37. The second-order valence-electron chi connectivity index (χ2n) is 7.48. The van der Waals surface area contributed by atoms with Crippen LogP contribution in [0.4, 0.5) is 14.5 Å². The van der Waals surface area contributed by atoms with E-state index in [1.807, 2.05) is 4.68 Å². The zero-order valence-corrected chi connectivity index (χ0v) is 13.6. The molecule has 1 saturated carbocycles. The third-order valence-electron chi connectivity index (χ3n) is 6.00. The van der Waals surface area contributed by atoms with Crippen molar-refractivity contribution in [3.8, 4) is 0 Å². The third-order valence-corrected chi connectivity index (χ3v) is 6.00. The summed E-state index contributed by atoms with van der Waals surface area (Å²) in [7, 11) is 0. The maximum Gasteiger partial charge on any atom is 0.276 e. The highest BCUT2D eigenvalue weighted by Crippen LogP contribution is 2.70. The van der Waals surface area contributed by atoms with Gasteiger partial charge in [-0.2, -0.15) is 10.2 Å². The zero-order chi connectivity index (χ0) is 17.4. The van der Waals surface area contributed by atoms with Crippen molar-refractivity contribution >= 4 is 11.6 Å². The van der Waals surface area contributed by atoms with Crippen LogP contribution >= 0.6 is 0 Å². The number of rotatable bonds is 3. The van der Waals surface area contributed by atoms with Crippen LogP contribution in [0.25, 0.3) is 0 Å². The number of anilines is 1. The van der Waals surface area contributed by atoms with E-state index in [-0.39, 0.29) is 18.5 Å². The normalized spacial score (nSPS) is 29.5. The fourth-order valence-electron chi connectivity index (χ4n) is 4.05. The molecule has 2 aliphatic carbocycles. The number of halogens is 2. The lowest BCUT2D eigenvalue weighted by Crippen LogP contribution is -2.43. The highest BCUT2D eigenvalue weighted by atomic mass is 19.3. The van der Waals surface area contributed by atoms with Crippen molar-refractivity contribution in [3.05, 3.63) is 29.3 Å². The molecule has 7 nitrogen and oxygen atoms in total. The van der Waals surface area contributed by atoms with Crippen LogP contribution in [0.1, 0.15) is 34.7 Å². The smallest absolute Gasteiger partial charge is 0.276 e. The van der Waals surface area contributed by atoms with Gasteiger partial charge in [0.25, 0.3) is 11.8 Å². The average molecular weight is 348 g/mol. The number of aromatic nitrogens is 4. The molecule has 0 aromatic carbocycles. The first kappa shape index (κ1) is 15.0. The first-order chi connectivity index (χ1) is 11.9. The molecule has 3 N–H and O–H groups in total. The lowest BCUT2D eigenvalue weighted by atomic mass is 9.87. The highest BCUT2D eigenvalue weighted by molar-refractivity contribution is 6.04. The Labute approximate surface area is 142 Å². The summed E-state index contributed by atoms with van der Waals surface area (Å²) in [4.78, 5) is 12.5. The van der Waals surface area contributed by atoms with Crippen LogP contribution in [-0.4, -0.2) is 44.9 Å². The summed E-state index contributed by atoms with van der Waals surface area (Å²) in [6.45, 7) is 3.32. The fraction of sp³-hybridized carbons (Fsp3) is 0.562. The lowest BCUT2D eigenvalue weighted by molar-refractivity contribution is 0.0631. The summed E-state index contributed by atoms with van der Waals surface area (Å²) in [5.74, 6) is -3.76. The standard InChI is InChI=1S/C16H18F2N6O/c1-15-3-11-10(2-12(15)16(15,17)18)13(23-22-11)14(25)21-8-4-20-24(7-8)9-5-19-6-9/h4,7,9,12,19H,2-3,5-6H2,1H3,(H,21,25)(H,22,23)/t12-,15+/m0/s1. The Balaban J connectivity index is 1.35. The largest absolute Gasteiger partial charge is 0.318 e. The molecule has 132 valence electrons. The molecule has 2 atom stereocenters. The van der Waals surface area contributed by atoms with Crippen molar-refractivity contribution in [1.29, 1.82) is 0 Å². The van der Waals surface area contributed by atoms with Crippen molar-refractivity contribution in [2.45, 2.75) is 31.7 Å². The van der Waals surface area contributed by atoms with Crippen LogP contribution in [0.3, 0.4) is 0 Å². The number of hydrogen-bond donors (Lipinski definition) is 3. The molecule has 0 spiro atoms. The predicted molar refractivity (Wildman–Crippen MR) is 84.6 cm³/mol. The third kappa shape index (κ3) is 1.95. The SMILES string of the molecule is C[C@@]12Cc3[nH]nc(C(=O)Nc4cnn(C5CNC5)c4)c3C[C@@H]1C2(F)F. The topological polar surface area (TPSA) is 87.6 Å². The van der Waals surface area contributed by atoms with E-state index in [4.69, 9.17) is 0 Å². The van der Waals surface area contributed by atoms with Gasteiger partial charge in [-0.25, -0.2) is 8.78 Å². The van der Waals surface area contributed by atoms with E-state index in [0.29, 0.717) is 23.0 Å². The Morgan fingerprint density at radius 2 is 2.24 bits per heavy atom. The van der Waals surface area contributed by atoms with Crippen molar-refractivity contribution in [2.75, 3.05) is 18.4 Å². The summed E-state index contributed by atoms with van der Waals surface area (Å²) >= 11 is 0. The van der Waals surface area contributed by atoms with E-state index in [9.17, 15) is 13.6 Å². The second kappa shape index (κ2) is 4.66. The van der Waals surface area contributed by atoms with Crippen LogP contribution < -0.4 is 10.6 Å². The van der Waals surface area contributed by atoms with Gasteiger partial charge in [-0.3, -0.25) is 14.6 Å². The van der Waals surface area contributed by atoms with Gasteiger partial charge in [0.2, 0.25) is 0 Å². The summed E-state index contributed by atoms with van der Waals surface area (Å²) in [6, 6.07) is 0.304. The highest BCUT2D eigenvalue weighted by Gasteiger charge is 2.78. The zero-order valence-electron chi connectivity index (χ0n) is 13.6. The molecule has 1 aliphatic heterocycles. The molecule has 3 heterocycles. The number of alkyl halides is 2. The first-order valence-corrected chi connectivity index (χ1v) is 8.40. The molecule has 0 bridgehead atoms. The minimum Gasteiger partial charge on any atom is -0.318 e. The Kier molecular flexibility index (Phi) is 2.80. The van der Waals surface area contributed by atoms with Crippen molar-refractivity contribution < 1.29 is 13.6 Å². The van der Waals surface area contributed by atoms with Crippen LogP contribution in [0.2, 0.25) is 0 Å². The molecule has 2 aromatic heterocycles. The van der Waals surface area contributed by atoms with E-state index in [2.05, 4.69) is 25.9 Å². The van der Waals surface area contributed by atoms with E-state index in [0.717, 1.165) is 13.1 Å². The van der Waals surface area contributed by atoms with Gasteiger partial charge >= 0.3 is 0 Å². The minimum absolute atomic E-state index is 0.186. The fourth-order valence-corrected chi connectivity index (χ4v) is 4.05. The average Bonchev–Trinajstić information content (AvgIpc) is 2.94. The van der Waals surface area contributed by atoms with E-state index in [1.165, 1.54) is 0 Å². The maximum atomic E-state index is 14.0. The molecule has 9 heteroatoms. The lowest BCUT2D eigenvalue weighted by Gasteiger charge is -2.27. The second-order valence-corrected chi connectivity index (χ2v) is 7.48. The maximum absolute atomic E-state index is 14.0. The van der Waals surface area contributed by atoms with E-state index < -0.39 is 23.2 Å². The number of H-pyrrole nitrogens is 1. The Hall–Kier alpha value is -2.29. The quantitative estimate of drug-likeness (QED) is 0.782. The van der Waals surface area contributed by atoms with Crippen molar-refractivity contribution in [3.63, 3.8) is 0 Å². The monoisotopic (exact) mass is 348 g/mol. The molecule has 0 unspecified atom stereocenters. The number of fused-ring (bicyclic) bond motifs is 2. The summed E-state index contributed by atoms with van der Waals surface area (Å²) in [5, 5.41) is 17.0. The number of aromatic amines is 1. The molecule has 2 fully saturated rings. The Morgan fingerprint density at radius 1 is 1.44 bits per heavy atom. The summed E-state index contributed by atoms with van der Waals surface area (Å²) in [6.07, 6.45) is 3.77. The number of nitrogens with zero attached hydrogens (tertiary/aromatic N) is 3. The first-order valence-electron chi connectivity index (χ1n) is 8.40. The number of nitrogens with one attached hydrogen (secondary N) is 3. The number of carbonyl (C=O) groups excluding carboxylic acids is 1. The van der Waals surface area contributed by atoms with Gasteiger partial charge in [0.1, 0.15) is 0 Å². The number of amides is 1. The Morgan fingerprint density at radius 3 is 2.96 bits per heavy atom. The molecule has 5 rings (SSSR count). The number of hydrogen-bond acceptors (Lipinski definition) is 4. The van der Waals surface area contributed by atoms with Gasteiger partial charge in [-0.1, -0.05) is 6.92 Å². The summed E-state index contributed by atoms with van der Waals surface area (Å²) < 4.78 is 29.8. The van der Waals surface area contributed by atoms with Crippen LogP contribution in [0.15, 0.2) is 12.4 Å². The van der Waals surface area contributed by atoms with Gasteiger partial charge in [0.15, 0.2) is 5.69 Å². The van der Waals surface area contributed by atoms with Crippen LogP contribution in [0, 0.1) is 11.3 Å². The molecule has 1 saturated heterocycles. The molecular formula is C16H18F2N6O. The van der Waals surface area contributed by atoms with Gasteiger partial charge in [0.05, 0.1) is 17.9 Å². The van der Waals surface area contributed by atoms with Gasteiger partial charge in [-0.15, -0.1) is 0 Å². The van der Waals surface area contributed by atoms with E-state index >= 15 is 0 Å². The minimum atomic E-state index is -2.67. The van der Waals surface area contributed by atoms with Gasteiger partial charge < -0.3 is 10.6 Å². The number of carbonyl (C=O) groups is 1. The molecule has 1 amide bonds. The summed E-state index contributed by atoms with van der Waals surface area (Å²) in [5.41, 5.74) is 1.05. The van der Waals surface area contributed by atoms with Crippen LogP contribution in [-0.2, 0) is 12.8 Å². The van der Waals surface area contributed by atoms with E-state index in [1.54, 1.807) is 19.3 Å². The Bertz CT molecular complexity index is 870. The van der Waals surface area contributed by atoms with Gasteiger partial charge in [0, 0.05) is 48.3 Å². The molecule has 0 radical (unpaired) electrons. The molecule has 3 aliphatic rings. The molecular weight excluding hydrogens is 330 g/mol. The van der Waals surface area contributed by atoms with Crippen LogP contribution in [0.5, 0.6) is 0 Å².